The van der Waals surface area contributed by atoms with E-state index in [9.17, 15) is 4.79 Å². The molecule has 120 valence electrons. The van der Waals surface area contributed by atoms with E-state index in [4.69, 9.17) is 9.15 Å². The van der Waals surface area contributed by atoms with Gasteiger partial charge >= 0.3 is 0 Å². The van der Waals surface area contributed by atoms with Crippen LogP contribution < -0.4 is 16.0 Å². The fraction of sp³-hybridized carbons (Fsp3) is 0.538. The van der Waals surface area contributed by atoms with Gasteiger partial charge in [-0.3, -0.25) is 9.79 Å². The van der Waals surface area contributed by atoms with Crippen molar-refractivity contribution in [3.8, 4) is 0 Å². The Bertz CT molecular complexity index is 410. The number of ether oxygens (including phenoxy) is 1. The molecule has 1 aromatic heterocycles. The number of hydrogen-bond donors (Lipinski definition) is 3. The summed E-state index contributed by atoms with van der Waals surface area (Å²) in [5.74, 6) is 0.761. The highest BCUT2D eigenvalue weighted by Crippen LogP contribution is 1.98. The number of furan rings is 1. The summed E-state index contributed by atoms with van der Waals surface area (Å²) in [4.78, 5) is 15.6. The molecule has 8 heteroatoms. The van der Waals surface area contributed by atoms with Gasteiger partial charge in [-0.2, -0.15) is 0 Å². The Balaban J connectivity index is 0.00000400. The zero-order valence-electron chi connectivity index (χ0n) is 12.3. The molecule has 0 aromatic carbocycles. The first-order valence-corrected chi connectivity index (χ1v) is 6.62. The first kappa shape index (κ1) is 19.7. The van der Waals surface area contributed by atoms with E-state index in [-0.39, 0.29) is 29.9 Å². The molecule has 1 rings (SSSR count). The van der Waals surface area contributed by atoms with Gasteiger partial charge in [0.2, 0.25) is 0 Å². The SMILES string of the molecule is CCOCCNC(=NC)NCCNC(=O)c1ccco1.I. The van der Waals surface area contributed by atoms with E-state index in [2.05, 4.69) is 20.9 Å². The molecule has 21 heavy (non-hydrogen) atoms. The second-order valence-electron chi connectivity index (χ2n) is 3.86. The van der Waals surface area contributed by atoms with Crippen LogP contribution in [0.1, 0.15) is 17.5 Å². The van der Waals surface area contributed by atoms with Gasteiger partial charge in [-0.05, 0) is 19.1 Å². The second-order valence-corrected chi connectivity index (χ2v) is 3.86. The molecule has 7 nitrogen and oxygen atoms in total. The number of nitrogens with one attached hydrogen (secondary N) is 3. The van der Waals surface area contributed by atoms with Crippen LogP contribution >= 0.6 is 24.0 Å². The van der Waals surface area contributed by atoms with Crippen LogP contribution in [0.25, 0.3) is 0 Å². The number of rotatable bonds is 8. The van der Waals surface area contributed by atoms with Crippen LogP contribution in [-0.4, -0.2) is 51.8 Å². The van der Waals surface area contributed by atoms with Crippen molar-refractivity contribution in [3.05, 3.63) is 24.2 Å². The molecule has 0 saturated heterocycles. The fourth-order valence-corrected chi connectivity index (χ4v) is 1.46. The minimum atomic E-state index is -0.226. The maximum absolute atomic E-state index is 11.6. The molecule has 0 aliphatic heterocycles. The smallest absolute Gasteiger partial charge is 0.287 e. The molecule has 0 atom stereocenters. The Morgan fingerprint density at radius 1 is 1.29 bits per heavy atom. The van der Waals surface area contributed by atoms with E-state index in [0.717, 1.165) is 0 Å². The van der Waals surface area contributed by atoms with Crippen molar-refractivity contribution in [2.45, 2.75) is 6.92 Å². The lowest BCUT2D eigenvalue weighted by molar-refractivity contribution is 0.0926. The molecular weight excluding hydrogens is 387 g/mol. The van der Waals surface area contributed by atoms with Crippen molar-refractivity contribution in [1.29, 1.82) is 0 Å². The normalized spacial score (nSPS) is 10.7. The Kier molecular flexibility index (Phi) is 11.7. The molecule has 0 aliphatic carbocycles. The molecule has 0 fully saturated rings. The lowest BCUT2D eigenvalue weighted by Gasteiger charge is -2.11. The summed E-state index contributed by atoms with van der Waals surface area (Å²) in [6, 6.07) is 3.30. The van der Waals surface area contributed by atoms with Crippen LogP contribution in [0.4, 0.5) is 0 Å². The molecule has 0 saturated carbocycles. The number of hydrogen-bond acceptors (Lipinski definition) is 4. The van der Waals surface area contributed by atoms with E-state index < -0.39 is 0 Å². The van der Waals surface area contributed by atoms with Gasteiger partial charge in [-0.1, -0.05) is 0 Å². The number of amides is 1. The van der Waals surface area contributed by atoms with Crippen LogP contribution in [0.15, 0.2) is 27.8 Å². The quantitative estimate of drug-likeness (QED) is 0.256. The third-order valence-electron chi connectivity index (χ3n) is 2.41. The molecule has 1 amide bonds. The van der Waals surface area contributed by atoms with Crippen LogP contribution in [0, 0.1) is 0 Å². The monoisotopic (exact) mass is 410 g/mol. The van der Waals surface area contributed by atoms with Gasteiger partial charge in [0.05, 0.1) is 12.9 Å². The van der Waals surface area contributed by atoms with Gasteiger partial charge in [0.1, 0.15) is 0 Å². The third kappa shape index (κ3) is 8.56. The summed E-state index contributed by atoms with van der Waals surface area (Å²) >= 11 is 0. The van der Waals surface area contributed by atoms with Crippen LogP contribution in [0.5, 0.6) is 0 Å². The van der Waals surface area contributed by atoms with Crippen molar-refractivity contribution in [3.63, 3.8) is 0 Å². The first-order chi connectivity index (χ1) is 9.77. The standard InChI is InChI=1S/C13H22N4O3.HI/c1-3-19-10-8-17-13(14-2)16-7-6-15-12(18)11-5-4-9-20-11;/h4-5,9H,3,6-8,10H2,1-2H3,(H,15,18)(H2,14,16,17);1H. The van der Waals surface area contributed by atoms with Crippen molar-refractivity contribution in [1.82, 2.24) is 16.0 Å². The lowest BCUT2D eigenvalue weighted by atomic mass is 10.4. The Morgan fingerprint density at radius 2 is 2.00 bits per heavy atom. The van der Waals surface area contributed by atoms with Crippen molar-refractivity contribution >= 4 is 35.8 Å². The molecule has 0 radical (unpaired) electrons. The summed E-state index contributed by atoms with van der Waals surface area (Å²) in [7, 11) is 1.69. The summed E-state index contributed by atoms with van der Waals surface area (Å²) < 4.78 is 10.2. The first-order valence-electron chi connectivity index (χ1n) is 6.62. The number of aliphatic imine (C=N–C) groups is 1. The van der Waals surface area contributed by atoms with Crippen molar-refractivity contribution < 1.29 is 13.9 Å². The molecule has 1 aromatic rings. The van der Waals surface area contributed by atoms with Gasteiger partial charge in [0.25, 0.3) is 5.91 Å². The third-order valence-corrected chi connectivity index (χ3v) is 2.41. The molecule has 3 N–H and O–H groups in total. The summed E-state index contributed by atoms with van der Waals surface area (Å²) in [6.07, 6.45) is 1.47. The Morgan fingerprint density at radius 3 is 2.62 bits per heavy atom. The molecule has 0 spiro atoms. The predicted octanol–water partition coefficient (Wildman–Crippen LogP) is 0.829. The number of halogens is 1. The van der Waals surface area contributed by atoms with Gasteiger partial charge in [-0.15, -0.1) is 24.0 Å². The summed E-state index contributed by atoms with van der Waals surface area (Å²) in [5.41, 5.74) is 0. The number of guanidine groups is 1. The average molecular weight is 410 g/mol. The van der Waals surface area contributed by atoms with E-state index >= 15 is 0 Å². The highest BCUT2D eigenvalue weighted by atomic mass is 127. The van der Waals surface area contributed by atoms with Crippen molar-refractivity contribution in [2.75, 3.05) is 39.9 Å². The highest BCUT2D eigenvalue weighted by molar-refractivity contribution is 14.0. The van der Waals surface area contributed by atoms with Gasteiger partial charge in [0.15, 0.2) is 11.7 Å². The zero-order chi connectivity index (χ0) is 14.6. The summed E-state index contributed by atoms with van der Waals surface area (Å²) in [6.45, 7) is 5.02. The molecule has 1 heterocycles. The molecule has 0 bridgehead atoms. The minimum absolute atomic E-state index is 0. The number of carbonyl (C=O) groups is 1. The van der Waals surface area contributed by atoms with Crippen molar-refractivity contribution in [2.24, 2.45) is 4.99 Å². The number of nitrogens with zero attached hydrogens (tertiary/aromatic N) is 1. The van der Waals surface area contributed by atoms with Crippen LogP contribution in [0.3, 0.4) is 0 Å². The van der Waals surface area contributed by atoms with Gasteiger partial charge < -0.3 is 25.1 Å². The average Bonchev–Trinajstić information content (AvgIpc) is 2.99. The maximum Gasteiger partial charge on any atom is 0.287 e. The van der Waals surface area contributed by atoms with E-state index in [1.807, 2.05) is 6.92 Å². The van der Waals surface area contributed by atoms with E-state index in [0.29, 0.717) is 44.6 Å². The van der Waals surface area contributed by atoms with Gasteiger partial charge in [0, 0.05) is 33.3 Å². The molecule has 0 aliphatic rings. The zero-order valence-corrected chi connectivity index (χ0v) is 14.7. The lowest BCUT2D eigenvalue weighted by Crippen LogP contribution is -2.42. The predicted molar refractivity (Wildman–Crippen MR) is 92.3 cm³/mol. The fourth-order valence-electron chi connectivity index (χ4n) is 1.46. The Labute approximate surface area is 141 Å². The Hall–Kier alpha value is -1.29. The minimum Gasteiger partial charge on any atom is -0.459 e. The second kappa shape index (κ2) is 12.5. The topological polar surface area (TPSA) is 87.9 Å². The highest BCUT2D eigenvalue weighted by Gasteiger charge is 2.06. The molecular formula is C13H23IN4O3. The summed E-state index contributed by atoms with van der Waals surface area (Å²) in [5, 5.41) is 8.93. The number of carbonyl (C=O) groups excluding carboxylic acids is 1. The van der Waals surface area contributed by atoms with Gasteiger partial charge in [-0.25, -0.2) is 0 Å². The van der Waals surface area contributed by atoms with Crippen LogP contribution in [-0.2, 0) is 4.74 Å². The van der Waals surface area contributed by atoms with E-state index in [1.54, 1.807) is 19.2 Å². The van der Waals surface area contributed by atoms with Crippen LogP contribution in [0.2, 0.25) is 0 Å². The molecule has 0 unspecified atom stereocenters. The van der Waals surface area contributed by atoms with E-state index in [1.165, 1.54) is 6.26 Å². The maximum atomic E-state index is 11.6. The largest absolute Gasteiger partial charge is 0.459 e.